The summed E-state index contributed by atoms with van der Waals surface area (Å²) in [5.74, 6) is 2.62. The van der Waals surface area contributed by atoms with E-state index in [1.54, 1.807) is 18.5 Å². The molecule has 3 unspecified atom stereocenters. The second-order valence-electron chi connectivity index (χ2n) is 5.19. The number of rotatable bonds is 3. The van der Waals surface area contributed by atoms with Crippen molar-refractivity contribution in [2.75, 3.05) is 0 Å². The van der Waals surface area contributed by atoms with Gasteiger partial charge in [0.1, 0.15) is 0 Å². The van der Waals surface area contributed by atoms with E-state index < -0.39 is 0 Å². The smallest absolute Gasteiger partial charge is 0.164 e. The Balaban J connectivity index is 1.65. The number of aromatic nitrogens is 2. The van der Waals surface area contributed by atoms with Crippen LogP contribution in [0.3, 0.4) is 0 Å². The van der Waals surface area contributed by atoms with Crippen molar-refractivity contribution in [2.45, 2.75) is 32.1 Å². The third-order valence-electron chi connectivity index (χ3n) is 4.24. The second-order valence-corrected chi connectivity index (χ2v) is 5.19. The molecule has 2 aliphatic rings. The van der Waals surface area contributed by atoms with Crippen LogP contribution in [0.15, 0.2) is 18.5 Å². The van der Waals surface area contributed by atoms with Crippen molar-refractivity contribution < 1.29 is 4.79 Å². The summed E-state index contributed by atoms with van der Waals surface area (Å²) in [5, 5.41) is 7.45. The lowest BCUT2D eigenvalue weighted by molar-refractivity contribution is 0.0943. The van der Waals surface area contributed by atoms with Gasteiger partial charge in [-0.3, -0.25) is 4.79 Å². The van der Waals surface area contributed by atoms with Crippen LogP contribution >= 0.6 is 0 Å². The van der Waals surface area contributed by atoms with Gasteiger partial charge in [-0.1, -0.05) is 6.42 Å². The van der Waals surface area contributed by atoms with E-state index in [1.165, 1.54) is 25.7 Å². The van der Waals surface area contributed by atoms with Crippen LogP contribution < -0.4 is 0 Å². The molecule has 3 nitrogen and oxygen atoms in total. The standard InChI is InChI=1S/C13H16N2O/c16-13(11-3-4-14-15-8-11)7-12-6-9-1-2-10(12)5-9/h3-4,8-10,12H,1-2,5-7H2. The van der Waals surface area contributed by atoms with Crippen LogP contribution in [-0.4, -0.2) is 16.0 Å². The lowest BCUT2D eigenvalue weighted by Gasteiger charge is -2.20. The van der Waals surface area contributed by atoms with E-state index in [-0.39, 0.29) is 5.78 Å². The summed E-state index contributed by atoms with van der Waals surface area (Å²) < 4.78 is 0. The van der Waals surface area contributed by atoms with Gasteiger partial charge in [0.15, 0.2) is 5.78 Å². The van der Waals surface area contributed by atoms with Gasteiger partial charge < -0.3 is 0 Å². The fourth-order valence-electron chi connectivity index (χ4n) is 3.44. The molecule has 0 radical (unpaired) electrons. The minimum absolute atomic E-state index is 0.243. The van der Waals surface area contributed by atoms with E-state index in [4.69, 9.17) is 0 Å². The number of hydrogen-bond donors (Lipinski definition) is 0. The summed E-state index contributed by atoms with van der Waals surface area (Å²) in [6.45, 7) is 0. The zero-order chi connectivity index (χ0) is 11.0. The minimum Gasteiger partial charge on any atom is -0.294 e. The van der Waals surface area contributed by atoms with Crippen LogP contribution in [0.5, 0.6) is 0 Å². The normalized spacial score (nSPS) is 31.9. The zero-order valence-electron chi connectivity index (χ0n) is 9.30. The fourth-order valence-corrected chi connectivity index (χ4v) is 3.44. The van der Waals surface area contributed by atoms with E-state index >= 15 is 0 Å². The van der Waals surface area contributed by atoms with Crippen molar-refractivity contribution in [3.63, 3.8) is 0 Å². The van der Waals surface area contributed by atoms with E-state index in [0.29, 0.717) is 12.3 Å². The van der Waals surface area contributed by atoms with Crippen molar-refractivity contribution in [3.05, 3.63) is 24.0 Å². The maximum Gasteiger partial charge on any atom is 0.164 e. The average molecular weight is 216 g/mol. The molecule has 0 amide bonds. The molecule has 0 aromatic carbocycles. The van der Waals surface area contributed by atoms with Crippen LogP contribution in [0.2, 0.25) is 0 Å². The highest BCUT2D eigenvalue weighted by molar-refractivity contribution is 5.95. The van der Waals surface area contributed by atoms with Crippen molar-refractivity contribution in [1.82, 2.24) is 10.2 Å². The average Bonchev–Trinajstić information content (AvgIpc) is 2.92. The summed E-state index contributed by atoms with van der Waals surface area (Å²) in [5.41, 5.74) is 0.720. The minimum atomic E-state index is 0.243. The van der Waals surface area contributed by atoms with Crippen LogP contribution in [0.25, 0.3) is 0 Å². The van der Waals surface area contributed by atoms with Gasteiger partial charge in [-0.25, -0.2) is 0 Å². The van der Waals surface area contributed by atoms with Crippen molar-refractivity contribution in [2.24, 2.45) is 17.8 Å². The molecule has 0 spiro atoms. The molecule has 1 aromatic heterocycles. The van der Waals surface area contributed by atoms with Gasteiger partial charge in [-0.05, 0) is 43.1 Å². The van der Waals surface area contributed by atoms with Crippen molar-refractivity contribution >= 4 is 5.78 Å². The van der Waals surface area contributed by atoms with Crippen LogP contribution in [0.4, 0.5) is 0 Å². The maximum atomic E-state index is 12.0. The Labute approximate surface area is 95.3 Å². The number of carbonyl (C=O) groups is 1. The second kappa shape index (κ2) is 3.96. The first-order chi connectivity index (χ1) is 7.83. The van der Waals surface area contributed by atoms with Gasteiger partial charge in [0.25, 0.3) is 0 Å². The molecule has 1 aromatic rings. The van der Waals surface area contributed by atoms with Crippen molar-refractivity contribution in [1.29, 1.82) is 0 Å². The van der Waals surface area contributed by atoms with E-state index in [1.807, 2.05) is 0 Å². The number of nitrogens with zero attached hydrogens (tertiary/aromatic N) is 2. The number of Topliss-reactive ketones (excluding diaryl/α,β-unsaturated/α-hetero) is 1. The van der Waals surface area contributed by atoms with E-state index in [2.05, 4.69) is 10.2 Å². The molecule has 2 fully saturated rings. The molecule has 3 heteroatoms. The van der Waals surface area contributed by atoms with Crippen LogP contribution in [-0.2, 0) is 0 Å². The topological polar surface area (TPSA) is 42.9 Å². The number of carbonyl (C=O) groups excluding carboxylic acids is 1. The lowest BCUT2D eigenvalue weighted by atomic mass is 9.84. The molecule has 1 heterocycles. The number of hydrogen-bond acceptors (Lipinski definition) is 3. The summed E-state index contributed by atoms with van der Waals surface area (Å²) in [7, 11) is 0. The first-order valence-corrected chi connectivity index (χ1v) is 6.13. The molecule has 84 valence electrons. The Bertz CT molecular complexity index is 390. The highest BCUT2D eigenvalue weighted by Crippen LogP contribution is 2.49. The highest BCUT2D eigenvalue weighted by atomic mass is 16.1. The molecular weight excluding hydrogens is 200 g/mol. The highest BCUT2D eigenvalue weighted by Gasteiger charge is 2.40. The van der Waals surface area contributed by atoms with Crippen LogP contribution in [0.1, 0.15) is 42.5 Å². The summed E-state index contributed by atoms with van der Waals surface area (Å²) >= 11 is 0. The molecule has 0 aliphatic heterocycles. The Morgan fingerprint density at radius 3 is 2.88 bits per heavy atom. The van der Waals surface area contributed by atoms with Crippen molar-refractivity contribution in [3.8, 4) is 0 Å². The molecule has 2 bridgehead atoms. The molecule has 2 saturated carbocycles. The third-order valence-corrected chi connectivity index (χ3v) is 4.24. The Kier molecular flexibility index (Phi) is 2.46. The van der Waals surface area contributed by atoms with Gasteiger partial charge >= 0.3 is 0 Å². The molecule has 2 aliphatic carbocycles. The molecule has 16 heavy (non-hydrogen) atoms. The van der Waals surface area contributed by atoms with Gasteiger partial charge in [-0.15, -0.1) is 0 Å². The maximum absolute atomic E-state index is 12.0. The van der Waals surface area contributed by atoms with Gasteiger partial charge in [-0.2, -0.15) is 10.2 Å². The molecule has 0 saturated heterocycles. The largest absolute Gasteiger partial charge is 0.294 e. The Hall–Kier alpha value is -1.25. The Morgan fingerprint density at radius 1 is 1.31 bits per heavy atom. The first-order valence-electron chi connectivity index (χ1n) is 6.13. The molecule has 3 atom stereocenters. The molecule has 0 N–H and O–H groups in total. The van der Waals surface area contributed by atoms with Gasteiger partial charge in [0, 0.05) is 12.0 Å². The first kappa shape index (κ1) is 9.94. The fraction of sp³-hybridized carbons (Fsp3) is 0.615. The molecule has 3 rings (SSSR count). The molecular formula is C13H16N2O. The monoisotopic (exact) mass is 216 g/mol. The predicted octanol–water partition coefficient (Wildman–Crippen LogP) is 2.49. The predicted molar refractivity (Wildman–Crippen MR) is 59.9 cm³/mol. The van der Waals surface area contributed by atoms with E-state index in [0.717, 1.165) is 17.4 Å². The lowest BCUT2D eigenvalue weighted by Crippen LogP contribution is -2.15. The van der Waals surface area contributed by atoms with E-state index in [9.17, 15) is 4.79 Å². The zero-order valence-corrected chi connectivity index (χ0v) is 9.30. The quantitative estimate of drug-likeness (QED) is 0.729. The summed E-state index contributed by atoms with van der Waals surface area (Å²) in [6, 6.07) is 1.77. The van der Waals surface area contributed by atoms with Gasteiger partial charge in [0.05, 0.1) is 12.4 Å². The number of ketones is 1. The Morgan fingerprint density at radius 2 is 2.25 bits per heavy atom. The summed E-state index contributed by atoms with van der Waals surface area (Å²) in [6.07, 6.45) is 9.27. The SMILES string of the molecule is O=C(CC1CC2CCC1C2)c1ccnnc1. The van der Waals surface area contributed by atoms with Crippen LogP contribution in [0, 0.1) is 17.8 Å². The number of fused-ring (bicyclic) bond motifs is 2. The third kappa shape index (κ3) is 1.75. The van der Waals surface area contributed by atoms with Gasteiger partial charge in [0.2, 0.25) is 0 Å². The summed E-state index contributed by atoms with van der Waals surface area (Å²) in [4.78, 5) is 12.0.